The van der Waals surface area contributed by atoms with Crippen LogP contribution in [0.3, 0.4) is 0 Å². The minimum Gasteiger partial charge on any atom is -0.326 e. The molecule has 158 valence electrons. The molecular weight excluding hydrogens is 392 g/mol. The lowest BCUT2D eigenvalue weighted by Gasteiger charge is -2.25. The number of thioether (sulfide) groups is 1. The summed E-state index contributed by atoms with van der Waals surface area (Å²) < 4.78 is 0. The van der Waals surface area contributed by atoms with E-state index in [4.69, 9.17) is 0 Å². The van der Waals surface area contributed by atoms with E-state index < -0.39 is 0 Å². The van der Waals surface area contributed by atoms with Crippen LogP contribution in [0.5, 0.6) is 0 Å². The van der Waals surface area contributed by atoms with Gasteiger partial charge in [-0.2, -0.15) is 0 Å². The van der Waals surface area contributed by atoms with Crippen molar-refractivity contribution in [2.75, 3.05) is 16.0 Å². The van der Waals surface area contributed by atoms with Crippen LogP contribution in [0.2, 0.25) is 0 Å². The van der Waals surface area contributed by atoms with Gasteiger partial charge in [-0.3, -0.25) is 14.5 Å². The first-order chi connectivity index (χ1) is 14.5. The van der Waals surface area contributed by atoms with Crippen LogP contribution in [-0.2, 0) is 9.59 Å². The van der Waals surface area contributed by atoms with Crippen molar-refractivity contribution in [3.05, 3.63) is 59.7 Å². The van der Waals surface area contributed by atoms with E-state index in [0.29, 0.717) is 11.7 Å². The van der Waals surface area contributed by atoms with Gasteiger partial charge in [0.1, 0.15) is 5.37 Å². The minimum absolute atomic E-state index is 0.0366. The molecule has 4 nitrogen and oxygen atoms in total. The van der Waals surface area contributed by atoms with Crippen LogP contribution in [0.1, 0.15) is 68.4 Å². The van der Waals surface area contributed by atoms with Crippen LogP contribution in [0.4, 0.5) is 11.4 Å². The third-order valence-corrected chi connectivity index (χ3v) is 7.36. The molecule has 0 bridgehead atoms. The minimum atomic E-state index is -0.0366. The van der Waals surface area contributed by atoms with Crippen LogP contribution >= 0.6 is 11.8 Å². The molecule has 2 aromatic carbocycles. The molecule has 2 aromatic rings. The Kier molecular flexibility index (Phi) is 6.47. The summed E-state index contributed by atoms with van der Waals surface area (Å²) in [5.74, 6) is 1.37. The number of amides is 2. The van der Waals surface area contributed by atoms with E-state index in [1.54, 1.807) is 11.8 Å². The summed E-state index contributed by atoms with van der Waals surface area (Å²) in [6.45, 7) is 4.34. The average Bonchev–Trinajstić information content (AvgIpc) is 3.16. The Morgan fingerprint density at radius 3 is 2.30 bits per heavy atom. The van der Waals surface area contributed by atoms with Crippen molar-refractivity contribution in [3.8, 4) is 0 Å². The Morgan fingerprint density at radius 2 is 1.67 bits per heavy atom. The van der Waals surface area contributed by atoms with E-state index in [1.165, 1.54) is 12.0 Å². The molecule has 1 N–H and O–H groups in total. The maximum absolute atomic E-state index is 12.6. The second-order valence-corrected chi connectivity index (χ2v) is 9.69. The molecule has 2 fully saturated rings. The van der Waals surface area contributed by atoms with Crippen molar-refractivity contribution in [2.45, 2.75) is 57.2 Å². The van der Waals surface area contributed by atoms with E-state index in [2.05, 4.69) is 31.3 Å². The quantitative estimate of drug-likeness (QED) is 0.633. The predicted molar refractivity (Wildman–Crippen MR) is 125 cm³/mol. The SMILES string of the molecule is CC(C)c1ccc(N2C(=O)CSC2c2ccc(NC(=O)C3CCCCC3)cc2)cc1. The van der Waals surface area contributed by atoms with Gasteiger partial charge in [0.05, 0.1) is 5.75 Å². The number of rotatable bonds is 5. The first kappa shape index (κ1) is 21.0. The highest BCUT2D eigenvalue weighted by Gasteiger charge is 2.34. The molecule has 4 rings (SSSR count). The van der Waals surface area contributed by atoms with Crippen molar-refractivity contribution >= 4 is 35.0 Å². The molecule has 0 radical (unpaired) electrons. The van der Waals surface area contributed by atoms with Gasteiger partial charge in [-0.1, -0.05) is 57.4 Å². The van der Waals surface area contributed by atoms with E-state index in [9.17, 15) is 9.59 Å². The van der Waals surface area contributed by atoms with Crippen LogP contribution in [0, 0.1) is 5.92 Å². The number of nitrogens with zero attached hydrogens (tertiary/aromatic N) is 1. The molecule has 1 saturated carbocycles. The lowest BCUT2D eigenvalue weighted by Crippen LogP contribution is -2.27. The summed E-state index contributed by atoms with van der Waals surface area (Å²) in [6, 6.07) is 16.3. The normalized spacial score (nSPS) is 20.0. The first-order valence-electron chi connectivity index (χ1n) is 11.0. The molecule has 1 aliphatic heterocycles. The van der Waals surface area contributed by atoms with Crippen LogP contribution in [0.15, 0.2) is 48.5 Å². The number of carbonyl (C=O) groups excluding carboxylic acids is 2. The van der Waals surface area contributed by atoms with Gasteiger partial charge in [-0.05, 0) is 54.2 Å². The number of benzene rings is 2. The molecule has 1 aliphatic carbocycles. The van der Waals surface area contributed by atoms with E-state index in [1.807, 2.05) is 41.3 Å². The van der Waals surface area contributed by atoms with Gasteiger partial charge in [-0.25, -0.2) is 0 Å². The van der Waals surface area contributed by atoms with E-state index in [-0.39, 0.29) is 23.1 Å². The summed E-state index contributed by atoms with van der Waals surface area (Å²) in [5.41, 5.74) is 4.12. The maximum Gasteiger partial charge on any atom is 0.238 e. The van der Waals surface area contributed by atoms with Gasteiger partial charge in [-0.15, -0.1) is 11.8 Å². The fourth-order valence-electron chi connectivity index (χ4n) is 4.31. The van der Waals surface area contributed by atoms with Gasteiger partial charge >= 0.3 is 0 Å². The lowest BCUT2D eigenvalue weighted by molar-refractivity contribution is -0.120. The number of hydrogen-bond acceptors (Lipinski definition) is 3. The molecule has 1 unspecified atom stereocenters. The molecule has 2 amide bonds. The van der Waals surface area contributed by atoms with Crippen molar-refractivity contribution in [1.82, 2.24) is 0 Å². The van der Waals surface area contributed by atoms with Crippen molar-refractivity contribution in [2.24, 2.45) is 5.92 Å². The molecular formula is C25H30N2O2S. The highest BCUT2D eigenvalue weighted by molar-refractivity contribution is 8.00. The topological polar surface area (TPSA) is 49.4 Å². The Bertz CT molecular complexity index is 886. The van der Waals surface area contributed by atoms with Gasteiger partial charge in [0.25, 0.3) is 0 Å². The molecule has 2 aliphatic rings. The fourth-order valence-corrected chi connectivity index (χ4v) is 5.49. The molecule has 0 spiro atoms. The Balaban J connectivity index is 1.47. The monoisotopic (exact) mass is 422 g/mol. The summed E-state index contributed by atoms with van der Waals surface area (Å²) in [4.78, 5) is 27.0. The zero-order valence-electron chi connectivity index (χ0n) is 17.8. The average molecular weight is 423 g/mol. The highest BCUT2D eigenvalue weighted by Crippen LogP contribution is 2.42. The Morgan fingerprint density at radius 1 is 1.00 bits per heavy atom. The van der Waals surface area contributed by atoms with Crippen LogP contribution in [-0.4, -0.2) is 17.6 Å². The molecule has 1 heterocycles. The lowest BCUT2D eigenvalue weighted by atomic mass is 9.88. The zero-order chi connectivity index (χ0) is 21.1. The fraction of sp³-hybridized carbons (Fsp3) is 0.440. The number of carbonyl (C=O) groups is 2. The summed E-state index contributed by atoms with van der Waals surface area (Å²) in [5, 5.41) is 3.04. The third-order valence-electron chi connectivity index (χ3n) is 6.15. The molecule has 0 aromatic heterocycles. The molecule has 30 heavy (non-hydrogen) atoms. The number of nitrogens with one attached hydrogen (secondary N) is 1. The van der Waals surface area contributed by atoms with Gasteiger partial charge in [0.15, 0.2) is 0 Å². The number of anilines is 2. The van der Waals surface area contributed by atoms with Crippen molar-refractivity contribution in [3.63, 3.8) is 0 Å². The second-order valence-electron chi connectivity index (χ2n) is 8.62. The summed E-state index contributed by atoms with van der Waals surface area (Å²) in [7, 11) is 0. The molecule has 1 atom stereocenters. The third kappa shape index (κ3) is 4.56. The first-order valence-corrected chi connectivity index (χ1v) is 12.0. The predicted octanol–water partition coefficient (Wildman–Crippen LogP) is 6.11. The van der Waals surface area contributed by atoms with E-state index >= 15 is 0 Å². The van der Waals surface area contributed by atoms with Crippen LogP contribution < -0.4 is 10.2 Å². The standard InChI is InChI=1S/C25H30N2O2S/c1-17(2)18-10-14-22(15-11-18)27-23(28)16-30-25(27)20-8-12-21(13-9-20)26-24(29)19-6-4-3-5-7-19/h8-15,17,19,25H,3-7,16H2,1-2H3,(H,26,29). The second kappa shape index (κ2) is 9.25. The van der Waals surface area contributed by atoms with Gasteiger partial charge < -0.3 is 5.32 Å². The molecule has 1 saturated heterocycles. The smallest absolute Gasteiger partial charge is 0.238 e. The van der Waals surface area contributed by atoms with Crippen molar-refractivity contribution in [1.29, 1.82) is 0 Å². The summed E-state index contributed by atoms with van der Waals surface area (Å²) >= 11 is 1.65. The Labute approximate surface area is 183 Å². The number of hydrogen-bond donors (Lipinski definition) is 1. The Hall–Kier alpha value is -2.27. The molecule has 5 heteroatoms. The van der Waals surface area contributed by atoms with Gasteiger partial charge in [0.2, 0.25) is 11.8 Å². The van der Waals surface area contributed by atoms with E-state index in [0.717, 1.165) is 42.6 Å². The van der Waals surface area contributed by atoms with Crippen LogP contribution in [0.25, 0.3) is 0 Å². The largest absolute Gasteiger partial charge is 0.326 e. The maximum atomic E-state index is 12.6. The zero-order valence-corrected chi connectivity index (χ0v) is 18.6. The highest BCUT2D eigenvalue weighted by atomic mass is 32.2. The summed E-state index contributed by atoms with van der Waals surface area (Å²) in [6.07, 6.45) is 5.54. The van der Waals surface area contributed by atoms with Crippen molar-refractivity contribution < 1.29 is 9.59 Å². The van der Waals surface area contributed by atoms with Gasteiger partial charge in [0, 0.05) is 17.3 Å².